The summed E-state index contributed by atoms with van der Waals surface area (Å²) in [5, 5.41) is 7.40. The number of hydrogen-bond donors (Lipinski definition) is 2. The van der Waals surface area contributed by atoms with Gasteiger partial charge in [0, 0.05) is 10.7 Å². The van der Waals surface area contributed by atoms with Crippen molar-refractivity contribution in [3.05, 3.63) is 47.5 Å². The molecule has 0 bridgehead atoms. The second-order valence-corrected chi connectivity index (χ2v) is 5.40. The minimum atomic E-state index is 0.493. The number of nitrogens with zero attached hydrogens (tertiary/aromatic N) is 2. The van der Waals surface area contributed by atoms with Crippen LogP contribution in [0.4, 0.5) is 11.4 Å². The van der Waals surface area contributed by atoms with Gasteiger partial charge >= 0.3 is 0 Å². The van der Waals surface area contributed by atoms with Gasteiger partial charge in [0.15, 0.2) is 5.11 Å². The summed E-state index contributed by atoms with van der Waals surface area (Å²) in [4.78, 5) is 0. The van der Waals surface area contributed by atoms with E-state index < -0.39 is 0 Å². The SMILES string of the molecule is S=C(Nc1ccc(Cl)cc1)Nc1cccc2nsnc12. The molecule has 3 rings (SSSR count). The Hall–Kier alpha value is -1.76. The molecule has 0 fully saturated rings. The molecule has 0 saturated heterocycles. The molecule has 0 aliphatic carbocycles. The van der Waals surface area contributed by atoms with Gasteiger partial charge in [0.1, 0.15) is 11.0 Å². The van der Waals surface area contributed by atoms with Crippen LogP contribution in [0.3, 0.4) is 0 Å². The molecule has 3 aromatic rings. The third-order valence-electron chi connectivity index (χ3n) is 2.64. The number of anilines is 2. The lowest BCUT2D eigenvalue weighted by molar-refractivity contribution is 1.59. The predicted octanol–water partition coefficient (Wildman–Crippen LogP) is 4.15. The van der Waals surface area contributed by atoms with Crippen LogP contribution >= 0.6 is 35.5 Å². The fourth-order valence-corrected chi connectivity index (χ4v) is 2.63. The van der Waals surface area contributed by atoms with Crippen LogP contribution in [0.2, 0.25) is 5.02 Å². The number of benzene rings is 2. The number of nitrogens with one attached hydrogen (secondary N) is 2. The van der Waals surface area contributed by atoms with Gasteiger partial charge in [0.25, 0.3) is 0 Å². The normalized spacial score (nSPS) is 10.4. The summed E-state index contributed by atoms with van der Waals surface area (Å²) >= 11 is 12.3. The van der Waals surface area contributed by atoms with Crippen LogP contribution in [-0.2, 0) is 0 Å². The molecule has 20 heavy (non-hydrogen) atoms. The summed E-state index contributed by atoms with van der Waals surface area (Å²) in [6.45, 7) is 0. The Balaban J connectivity index is 1.76. The van der Waals surface area contributed by atoms with Crippen LogP contribution in [0.15, 0.2) is 42.5 Å². The van der Waals surface area contributed by atoms with Crippen molar-refractivity contribution in [3.63, 3.8) is 0 Å². The number of halogens is 1. The molecular formula is C13H9ClN4S2. The highest BCUT2D eigenvalue weighted by molar-refractivity contribution is 7.80. The Morgan fingerprint density at radius 1 is 1.05 bits per heavy atom. The minimum absolute atomic E-state index is 0.493. The van der Waals surface area contributed by atoms with E-state index >= 15 is 0 Å². The molecule has 2 aromatic carbocycles. The first-order valence-corrected chi connectivity index (χ1v) is 7.29. The fraction of sp³-hybridized carbons (Fsp3) is 0. The molecule has 0 unspecified atom stereocenters. The van der Waals surface area contributed by atoms with Crippen molar-refractivity contribution in [2.24, 2.45) is 0 Å². The van der Waals surface area contributed by atoms with E-state index in [2.05, 4.69) is 19.4 Å². The molecule has 0 amide bonds. The monoisotopic (exact) mass is 320 g/mol. The third-order valence-corrected chi connectivity index (χ3v) is 3.63. The van der Waals surface area contributed by atoms with Gasteiger partial charge in [-0.2, -0.15) is 8.75 Å². The van der Waals surface area contributed by atoms with Crippen LogP contribution < -0.4 is 10.6 Å². The maximum absolute atomic E-state index is 5.84. The van der Waals surface area contributed by atoms with E-state index in [-0.39, 0.29) is 0 Å². The highest BCUT2D eigenvalue weighted by Crippen LogP contribution is 2.21. The van der Waals surface area contributed by atoms with Crippen molar-refractivity contribution in [3.8, 4) is 0 Å². The zero-order valence-electron chi connectivity index (χ0n) is 10.1. The molecule has 7 heteroatoms. The van der Waals surface area contributed by atoms with E-state index in [0.29, 0.717) is 10.1 Å². The largest absolute Gasteiger partial charge is 0.332 e. The topological polar surface area (TPSA) is 49.8 Å². The Kier molecular flexibility index (Phi) is 3.77. The minimum Gasteiger partial charge on any atom is -0.332 e. The van der Waals surface area contributed by atoms with Gasteiger partial charge in [-0.1, -0.05) is 17.7 Å². The van der Waals surface area contributed by atoms with Gasteiger partial charge in [-0.3, -0.25) is 0 Å². The molecule has 0 aliphatic heterocycles. The summed E-state index contributed by atoms with van der Waals surface area (Å²) in [7, 11) is 0. The average molecular weight is 321 g/mol. The zero-order valence-corrected chi connectivity index (χ0v) is 12.5. The fourth-order valence-electron chi connectivity index (χ4n) is 1.72. The maximum Gasteiger partial charge on any atom is 0.175 e. The van der Waals surface area contributed by atoms with Crippen molar-refractivity contribution < 1.29 is 0 Å². The number of aromatic nitrogens is 2. The first-order valence-electron chi connectivity index (χ1n) is 5.77. The Morgan fingerprint density at radius 2 is 1.85 bits per heavy atom. The van der Waals surface area contributed by atoms with Crippen molar-refractivity contribution in [1.29, 1.82) is 0 Å². The number of hydrogen-bond acceptors (Lipinski definition) is 4. The molecule has 0 atom stereocenters. The summed E-state index contributed by atoms with van der Waals surface area (Å²) in [5.74, 6) is 0. The van der Waals surface area contributed by atoms with Crippen LogP contribution in [0.5, 0.6) is 0 Å². The summed E-state index contributed by atoms with van der Waals surface area (Å²) in [6.07, 6.45) is 0. The molecular weight excluding hydrogens is 312 g/mol. The lowest BCUT2D eigenvalue weighted by Gasteiger charge is -2.10. The van der Waals surface area contributed by atoms with Crippen LogP contribution in [-0.4, -0.2) is 13.9 Å². The first kappa shape index (κ1) is 13.2. The lowest BCUT2D eigenvalue weighted by atomic mass is 10.2. The van der Waals surface area contributed by atoms with Crippen molar-refractivity contribution >= 4 is 63.1 Å². The van der Waals surface area contributed by atoms with E-state index in [1.54, 1.807) is 12.1 Å². The second kappa shape index (κ2) is 5.70. The van der Waals surface area contributed by atoms with Gasteiger partial charge in [0.2, 0.25) is 0 Å². The van der Waals surface area contributed by atoms with E-state index in [4.69, 9.17) is 23.8 Å². The van der Waals surface area contributed by atoms with E-state index in [1.165, 1.54) is 11.7 Å². The van der Waals surface area contributed by atoms with Crippen LogP contribution in [0.1, 0.15) is 0 Å². The number of thiocarbonyl (C=S) groups is 1. The summed E-state index contributed by atoms with van der Waals surface area (Å²) in [5.41, 5.74) is 3.38. The molecule has 0 saturated carbocycles. The van der Waals surface area contributed by atoms with Gasteiger partial charge in [-0.25, -0.2) is 0 Å². The Bertz CT molecular complexity index is 754. The molecule has 100 valence electrons. The molecule has 0 spiro atoms. The van der Waals surface area contributed by atoms with Crippen molar-refractivity contribution in [1.82, 2.24) is 8.75 Å². The molecule has 1 heterocycles. The number of rotatable bonds is 2. The van der Waals surface area contributed by atoms with Gasteiger partial charge in [-0.05, 0) is 48.6 Å². The summed E-state index contributed by atoms with van der Waals surface area (Å²) in [6, 6.07) is 13.1. The second-order valence-electron chi connectivity index (χ2n) is 4.02. The van der Waals surface area contributed by atoms with Crippen LogP contribution in [0, 0.1) is 0 Å². The van der Waals surface area contributed by atoms with Crippen LogP contribution in [0.25, 0.3) is 11.0 Å². The molecule has 0 radical (unpaired) electrons. The van der Waals surface area contributed by atoms with Gasteiger partial charge < -0.3 is 10.6 Å². The predicted molar refractivity (Wildman–Crippen MR) is 88.7 cm³/mol. The molecule has 1 aromatic heterocycles. The lowest BCUT2D eigenvalue weighted by Crippen LogP contribution is -2.19. The van der Waals surface area contributed by atoms with E-state index in [0.717, 1.165) is 22.4 Å². The van der Waals surface area contributed by atoms with Crippen molar-refractivity contribution in [2.75, 3.05) is 10.6 Å². The maximum atomic E-state index is 5.84. The number of fused-ring (bicyclic) bond motifs is 1. The van der Waals surface area contributed by atoms with E-state index in [1.807, 2.05) is 30.3 Å². The first-order chi connectivity index (χ1) is 9.72. The standard InChI is InChI=1S/C13H9ClN4S2/c14-8-4-6-9(7-5-8)15-13(19)16-10-2-1-3-11-12(10)18-20-17-11/h1-7H,(H2,15,16,19). The smallest absolute Gasteiger partial charge is 0.175 e. The van der Waals surface area contributed by atoms with Gasteiger partial charge in [0.05, 0.1) is 17.4 Å². The zero-order chi connectivity index (χ0) is 13.9. The highest BCUT2D eigenvalue weighted by Gasteiger charge is 2.06. The van der Waals surface area contributed by atoms with E-state index in [9.17, 15) is 0 Å². The molecule has 4 nitrogen and oxygen atoms in total. The Labute approximate surface area is 130 Å². The summed E-state index contributed by atoms with van der Waals surface area (Å²) < 4.78 is 8.45. The molecule has 2 N–H and O–H groups in total. The van der Waals surface area contributed by atoms with Gasteiger partial charge in [-0.15, -0.1) is 0 Å². The Morgan fingerprint density at radius 3 is 2.65 bits per heavy atom. The quantitative estimate of drug-likeness (QED) is 0.695. The highest BCUT2D eigenvalue weighted by atomic mass is 35.5. The molecule has 0 aliphatic rings. The van der Waals surface area contributed by atoms with Crippen molar-refractivity contribution in [2.45, 2.75) is 0 Å². The third kappa shape index (κ3) is 2.87. The average Bonchev–Trinajstić information content (AvgIpc) is 2.91.